The summed E-state index contributed by atoms with van der Waals surface area (Å²) in [5.41, 5.74) is -0.896. The van der Waals surface area contributed by atoms with Crippen molar-refractivity contribution >= 4 is 11.6 Å². The van der Waals surface area contributed by atoms with Crippen LogP contribution in [0.4, 0.5) is 17.6 Å². The smallest absolute Gasteiger partial charge is 0.416 e. The van der Waals surface area contributed by atoms with Gasteiger partial charge >= 0.3 is 6.18 Å². The average Bonchev–Trinajstić information content (AvgIpc) is 2.37. The Hall–Kier alpha value is -1.75. The second kappa shape index (κ2) is 5.71. The lowest BCUT2D eigenvalue weighted by molar-refractivity contribution is -0.138. The van der Waals surface area contributed by atoms with Crippen LogP contribution in [-0.2, 0) is 12.1 Å². The number of halogens is 5. The van der Waals surface area contributed by atoms with Crippen molar-refractivity contribution in [3.63, 3.8) is 0 Å². The van der Waals surface area contributed by atoms with Gasteiger partial charge in [0.25, 0.3) is 0 Å². The molecule has 0 spiro atoms. The van der Waals surface area contributed by atoms with Crippen LogP contribution in [0, 0.1) is 5.82 Å². The van der Waals surface area contributed by atoms with Gasteiger partial charge < -0.3 is 4.74 Å². The van der Waals surface area contributed by atoms with E-state index >= 15 is 0 Å². The number of ether oxygens (including phenoxy) is 1. The van der Waals surface area contributed by atoms with Gasteiger partial charge in [-0.05, 0) is 29.8 Å². The quantitative estimate of drug-likeness (QED) is 0.547. The molecule has 0 saturated carbocycles. The Morgan fingerprint density at radius 3 is 2.30 bits per heavy atom. The first-order valence-electron chi connectivity index (χ1n) is 5.59. The Morgan fingerprint density at radius 2 is 1.70 bits per heavy atom. The largest absolute Gasteiger partial charge is 0.457 e. The molecule has 0 radical (unpaired) electrons. The van der Waals surface area contributed by atoms with E-state index in [0.717, 1.165) is 12.1 Å². The van der Waals surface area contributed by atoms with E-state index in [9.17, 15) is 17.6 Å². The maximum atomic E-state index is 13.0. The molecule has 0 heterocycles. The molecule has 0 aliphatic heterocycles. The molecular formula is C14H9ClF4O. The number of benzene rings is 2. The number of rotatable bonds is 3. The fourth-order valence-electron chi connectivity index (χ4n) is 1.67. The normalized spacial score (nSPS) is 11.4. The Balaban J connectivity index is 2.34. The van der Waals surface area contributed by atoms with Gasteiger partial charge in [0.05, 0.1) is 5.56 Å². The fourth-order valence-corrected chi connectivity index (χ4v) is 1.90. The maximum Gasteiger partial charge on any atom is 0.416 e. The van der Waals surface area contributed by atoms with Gasteiger partial charge in [-0.1, -0.05) is 12.1 Å². The number of hydrogen-bond acceptors (Lipinski definition) is 1. The van der Waals surface area contributed by atoms with E-state index < -0.39 is 17.6 Å². The Morgan fingerprint density at radius 1 is 1.00 bits per heavy atom. The summed E-state index contributed by atoms with van der Waals surface area (Å²) in [6.45, 7) is 0. The third-order valence-corrected chi connectivity index (χ3v) is 2.85. The van der Waals surface area contributed by atoms with E-state index in [1.54, 1.807) is 0 Å². The van der Waals surface area contributed by atoms with Crippen molar-refractivity contribution < 1.29 is 22.3 Å². The van der Waals surface area contributed by atoms with E-state index in [0.29, 0.717) is 0 Å². The van der Waals surface area contributed by atoms with E-state index in [2.05, 4.69) is 0 Å². The van der Waals surface area contributed by atoms with Gasteiger partial charge in [0, 0.05) is 11.9 Å². The predicted octanol–water partition coefficient (Wildman–Crippen LogP) is 5.38. The van der Waals surface area contributed by atoms with Gasteiger partial charge in [-0.2, -0.15) is 13.2 Å². The molecule has 2 aromatic rings. The van der Waals surface area contributed by atoms with Crippen LogP contribution in [0.2, 0.25) is 0 Å². The minimum atomic E-state index is -4.52. The van der Waals surface area contributed by atoms with Crippen LogP contribution in [0.3, 0.4) is 0 Å². The highest BCUT2D eigenvalue weighted by Gasteiger charge is 2.33. The highest BCUT2D eigenvalue weighted by Crippen LogP contribution is 2.36. The Kier molecular flexibility index (Phi) is 4.18. The van der Waals surface area contributed by atoms with Gasteiger partial charge in [-0.15, -0.1) is 11.6 Å². The minimum Gasteiger partial charge on any atom is -0.457 e. The van der Waals surface area contributed by atoms with Crippen molar-refractivity contribution in [1.82, 2.24) is 0 Å². The summed E-state index contributed by atoms with van der Waals surface area (Å²) < 4.78 is 56.7. The second-order valence-electron chi connectivity index (χ2n) is 4.01. The number of hydrogen-bond donors (Lipinski definition) is 0. The standard InChI is InChI=1S/C14H9ClF4O/c15-8-9-4-5-12(7-13(9)14(17,18)19)20-11-3-1-2-10(16)6-11/h1-7H,8H2. The van der Waals surface area contributed by atoms with Gasteiger partial charge in [-0.25, -0.2) is 4.39 Å². The molecule has 0 fully saturated rings. The summed E-state index contributed by atoms with van der Waals surface area (Å²) in [5, 5.41) is 0. The topological polar surface area (TPSA) is 9.23 Å². The van der Waals surface area contributed by atoms with Crippen LogP contribution < -0.4 is 4.74 Å². The van der Waals surface area contributed by atoms with Crippen LogP contribution in [0.15, 0.2) is 42.5 Å². The molecule has 0 atom stereocenters. The monoisotopic (exact) mass is 304 g/mol. The second-order valence-corrected chi connectivity index (χ2v) is 4.28. The lowest BCUT2D eigenvalue weighted by Gasteiger charge is -2.13. The van der Waals surface area contributed by atoms with Crippen molar-refractivity contribution in [2.75, 3.05) is 0 Å². The highest BCUT2D eigenvalue weighted by atomic mass is 35.5. The summed E-state index contributed by atoms with van der Waals surface area (Å²) in [4.78, 5) is 0. The molecule has 6 heteroatoms. The Bertz CT molecular complexity index is 610. The van der Waals surface area contributed by atoms with Crippen LogP contribution >= 0.6 is 11.6 Å². The van der Waals surface area contributed by atoms with Gasteiger partial charge in [0.2, 0.25) is 0 Å². The molecule has 0 aliphatic carbocycles. The van der Waals surface area contributed by atoms with E-state index in [1.165, 1.54) is 30.3 Å². The van der Waals surface area contributed by atoms with Gasteiger partial charge in [0.1, 0.15) is 17.3 Å². The zero-order valence-electron chi connectivity index (χ0n) is 10.0. The summed E-state index contributed by atoms with van der Waals surface area (Å²) in [5.74, 6) is -0.695. The molecule has 0 aromatic heterocycles. The predicted molar refractivity (Wildman–Crippen MR) is 67.5 cm³/mol. The Labute approximate surface area is 117 Å². The van der Waals surface area contributed by atoms with Crippen LogP contribution in [0.25, 0.3) is 0 Å². The lowest BCUT2D eigenvalue weighted by Crippen LogP contribution is -2.08. The average molecular weight is 305 g/mol. The van der Waals surface area contributed by atoms with Crippen molar-refractivity contribution in [3.8, 4) is 11.5 Å². The van der Waals surface area contributed by atoms with Crippen LogP contribution in [-0.4, -0.2) is 0 Å². The third kappa shape index (κ3) is 3.42. The summed E-state index contributed by atoms with van der Waals surface area (Å²) in [6.07, 6.45) is -4.52. The molecule has 20 heavy (non-hydrogen) atoms. The number of alkyl halides is 4. The molecule has 0 saturated heterocycles. The lowest BCUT2D eigenvalue weighted by atomic mass is 10.1. The SMILES string of the molecule is Fc1cccc(Oc2ccc(CCl)c(C(F)(F)F)c2)c1. The zero-order valence-corrected chi connectivity index (χ0v) is 10.8. The summed E-state index contributed by atoms with van der Waals surface area (Å²) in [6, 6.07) is 8.60. The van der Waals surface area contributed by atoms with Gasteiger partial charge in [0.15, 0.2) is 0 Å². The van der Waals surface area contributed by atoms with Crippen molar-refractivity contribution in [2.24, 2.45) is 0 Å². The van der Waals surface area contributed by atoms with Crippen molar-refractivity contribution in [1.29, 1.82) is 0 Å². The molecule has 2 aromatic carbocycles. The van der Waals surface area contributed by atoms with Gasteiger partial charge in [-0.3, -0.25) is 0 Å². The molecule has 1 nitrogen and oxygen atoms in total. The first-order valence-corrected chi connectivity index (χ1v) is 6.13. The first-order chi connectivity index (χ1) is 9.40. The molecule has 0 N–H and O–H groups in total. The molecule has 2 rings (SSSR count). The van der Waals surface area contributed by atoms with Crippen LogP contribution in [0.1, 0.15) is 11.1 Å². The minimum absolute atomic E-state index is 0.0307. The molecule has 0 amide bonds. The van der Waals surface area contributed by atoms with E-state index in [1.807, 2.05) is 0 Å². The molecule has 106 valence electrons. The molecule has 0 bridgehead atoms. The fraction of sp³-hybridized carbons (Fsp3) is 0.143. The highest BCUT2D eigenvalue weighted by molar-refractivity contribution is 6.17. The summed E-state index contributed by atoms with van der Waals surface area (Å²) >= 11 is 5.48. The van der Waals surface area contributed by atoms with E-state index in [4.69, 9.17) is 16.3 Å². The zero-order chi connectivity index (χ0) is 14.8. The maximum absolute atomic E-state index is 13.0. The first kappa shape index (κ1) is 14.7. The summed E-state index contributed by atoms with van der Waals surface area (Å²) in [7, 11) is 0. The molecular weight excluding hydrogens is 296 g/mol. The third-order valence-electron chi connectivity index (χ3n) is 2.56. The van der Waals surface area contributed by atoms with Crippen molar-refractivity contribution in [3.05, 3.63) is 59.4 Å². The van der Waals surface area contributed by atoms with E-state index in [-0.39, 0.29) is 22.9 Å². The molecule has 0 unspecified atom stereocenters. The molecule has 0 aliphatic rings. The van der Waals surface area contributed by atoms with Crippen LogP contribution in [0.5, 0.6) is 11.5 Å². The van der Waals surface area contributed by atoms with Crippen molar-refractivity contribution in [2.45, 2.75) is 12.1 Å².